The van der Waals surface area contributed by atoms with Crippen LogP contribution in [0.4, 0.5) is 0 Å². The molecule has 0 spiro atoms. The van der Waals surface area contributed by atoms with Gasteiger partial charge in [0.25, 0.3) is 0 Å². The summed E-state index contributed by atoms with van der Waals surface area (Å²) in [7, 11) is -3.44. The highest BCUT2D eigenvalue weighted by Crippen LogP contribution is 2.26. The lowest BCUT2D eigenvalue weighted by molar-refractivity contribution is 0.599. The van der Waals surface area contributed by atoms with Crippen molar-refractivity contribution in [1.82, 2.24) is 9.55 Å². The Morgan fingerprint density at radius 1 is 1.45 bits per heavy atom. The third-order valence-corrected chi connectivity index (χ3v) is 4.97. The molecule has 8 heteroatoms. The lowest BCUT2D eigenvalue weighted by atomic mass is 10.3. The molecule has 110 valence electrons. The molecule has 2 N–H and O–H groups in total. The van der Waals surface area contributed by atoms with E-state index in [1.807, 2.05) is 18.2 Å². The van der Waals surface area contributed by atoms with E-state index in [9.17, 15) is 8.42 Å². The Hall–Kier alpha value is -0.760. The zero-order valence-electron chi connectivity index (χ0n) is 11.0. The van der Waals surface area contributed by atoms with Crippen LogP contribution in [0, 0.1) is 0 Å². The van der Waals surface area contributed by atoms with E-state index < -0.39 is 10.0 Å². The first-order valence-electron chi connectivity index (χ1n) is 6.20. The molecular formula is C12H16ClN3O2S2. The second-order valence-electron chi connectivity index (χ2n) is 4.39. The van der Waals surface area contributed by atoms with Gasteiger partial charge in [-0.05, 0) is 24.6 Å². The summed E-state index contributed by atoms with van der Waals surface area (Å²) in [6, 6.07) is 5.58. The number of aromatic nitrogens is 2. The van der Waals surface area contributed by atoms with Gasteiger partial charge in [0.1, 0.15) is 0 Å². The first-order valence-corrected chi connectivity index (χ1v) is 9.27. The summed E-state index contributed by atoms with van der Waals surface area (Å²) in [6.07, 6.45) is 0.969. The van der Waals surface area contributed by atoms with Gasteiger partial charge in [-0.2, -0.15) is 0 Å². The highest BCUT2D eigenvalue weighted by atomic mass is 35.5. The quantitative estimate of drug-likeness (QED) is 0.824. The standard InChI is InChI=1S/C12H16ClN3O2S2/c1-2-5-16-11-4-3-9(13)8-10(11)15-12(16)19-6-7-20(14,17)18/h3-4,8H,2,5-7H2,1H3,(H2,14,17,18). The number of aryl methyl sites for hydroxylation is 1. The number of hydrogen-bond acceptors (Lipinski definition) is 4. The van der Waals surface area contributed by atoms with Crippen LogP contribution < -0.4 is 5.14 Å². The number of hydrogen-bond donors (Lipinski definition) is 1. The van der Waals surface area contributed by atoms with Gasteiger partial charge >= 0.3 is 0 Å². The summed E-state index contributed by atoms with van der Waals surface area (Å²) >= 11 is 7.36. The molecule has 0 fully saturated rings. The van der Waals surface area contributed by atoms with E-state index in [1.54, 1.807) is 0 Å². The van der Waals surface area contributed by atoms with Crippen LogP contribution in [0.1, 0.15) is 13.3 Å². The van der Waals surface area contributed by atoms with Crippen LogP contribution in [0.15, 0.2) is 23.4 Å². The van der Waals surface area contributed by atoms with Crippen LogP contribution in [-0.2, 0) is 16.6 Å². The van der Waals surface area contributed by atoms with E-state index in [4.69, 9.17) is 16.7 Å². The molecule has 0 amide bonds. The summed E-state index contributed by atoms with van der Waals surface area (Å²) in [5.74, 6) is 0.327. The van der Waals surface area contributed by atoms with Gasteiger partial charge in [0.15, 0.2) is 5.16 Å². The molecule has 5 nitrogen and oxygen atoms in total. The minimum Gasteiger partial charge on any atom is -0.319 e. The number of halogens is 1. The van der Waals surface area contributed by atoms with Crippen molar-refractivity contribution in [3.05, 3.63) is 23.2 Å². The molecule has 0 unspecified atom stereocenters. The summed E-state index contributed by atoms with van der Waals surface area (Å²) < 4.78 is 24.0. The van der Waals surface area contributed by atoms with Gasteiger partial charge in [-0.25, -0.2) is 18.5 Å². The van der Waals surface area contributed by atoms with Crippen LogP contribution >= 0.6 is 23.4 Å². The minimum absolute atomic E-state index is 0.0618. The Morgan fingerprint density at radius 3 is 2.85 bits per heavy atom. The lowest BCUT2D eigenvalue weighted by Gasteiger charge is -2.06. The maximum Gasteiger partial charge on any atom is 0.209 e. The molecule has 0 saturated carbocycles. The van der Waals surface area contributed by atoms with E-state index in [-0.39, 0.29) is 5.75 Å². The molecule has 2 rings (SSSR count). The van der Waals surface area contributed by atoms with Crippen LogP contribution in [-0.4, -0.2) is 29.5 Å². The van der Waals surface area contributed by atoms with Gasteiger partial charge in [0.05, 0.1) is 16.8 Å². The summed E-state index contributed by atoms with van der Waals surface area (Å²) in [4.78, 5) is 4.52. The number of primary sulfonamides is 1. The van der Waals surface area contributed by atoms with Crippen LogP contribution in [0.3, 0.4) is 0 Å². The third kappa shape index (κ3) is 3.88. The highest BCUT2D eigenvalue weighted by molar-refractivity contribution is 8.00. The van der Waals surface area contributed by atoms with Crippen molar-refractivity contribution < 1.29 is 8.42 Å². The normalized spacial score (nSPS) is 12.2. The van der Waals surface area contributed by atoms with Crippen molar-refractivity contribution in [2.24, 2.45) is 5.14 Å². The van der Waals surface area contributed by atoms with Crippen LogP contribution in [0.2, 0.25) is 5.02 Å². The van der Waals surface area contributed by atoms with Crippen molar-refractivity contribution in [1.29, 1.82) is 0 Å². The van der Waals surface area contributed by atoms with Crippen LogP contribution in [0.25, 0.3) is 11.0 Å². The molecule has 0 atom stereocenters. The number of imidazole rings is 1. The lowest BCUT2D eigenvalue weighted by Crippen LogP contribution is -2.18. The van der Waals surface area contributed by atoms with Crippen molar-refractivity contribution >= 4 is 44.4 Å². The third-order valence-electron chi connectivity index (χ3n) is 2.72. The summed E-state index contributed by atoms with van der Waals surface area (Å²) in [5, 5.41) is 6.44. The molecular weight excluding hydrogens is 318 g/mol. The van der Waals surface area contributed by atoms with Gasteiger partial charge in [-0.15, -0.1) is 0 Å². The Bertz CT molecular complexity index is 713. The van der Waals surface area contributed by atoms with Crippen molar-refractivity contribution in [3.8, 4) is 0 Å². The van der Waals surface area contributed by atoms with E-state index in [2.05, 4.69) is 16.5 Å². The molecule has 0 bridgehead atoms. The maximum atomic E-state index is 11.0. The van der Waals surface area contributed by atoms with Crippen molar-refractivity contribution in [3.63, 3.8) is 0 Å². The monoisotopic (exact) mass is 333 g/mol. The first-order chi connectivity index (χ1) is 9.40. The summed E-state index contributed by atoms with van der Waals surface area (Å²) in [5.41, 5.74) is 1.83. The molecule has 0 saturated heterocycles. The van der Waals surface area contributed by atoms with Crippen molar-refractivity contribution in [2.45, 2.75) is 25.0 Å². The molecule has 0 aliphatic heterocycles. The van der Waals surface area contributed by atoms with Gasteiger partial charge in [0.2, 0.25) is 10.0 Å². The average Bonchev–Trinajstić information content (AvgIpc) is 2.66. The van der Waals surface area contributed by atoms with Gasteiger partial charge in [-0.3, -0.25) is 0 Å². The zero-order chi connectivity index (χ0) is 14.8. The number of rotatable bonds is 6. The Kier molecular flexibility index (Phi) is 4.95. The number of fused-ring (bicyclic) bond motifs is 1. The number of sulfonamides is 1. The Labute approximate surface area is 127 Å². The van der Waals surface area contributed by atoms with Gasteiger partial charge in [-0.1, -0.05) is 30.3 Å². The number of thioether (sulfide) groups is 1. The predicted molar refractivity (Wildman–Crippen MR) is 83.7 cm³/mol. The predicted octanol–water partition coefficient (Wildman–Crippen LogP) is 2.48. The molecule has 1 aromatic carbocycles. The number of nitrogens with zero attached hydrogens (tertiary/aromatic N) is 2. The van der Waals surface area contributed by atoms with E-state index in [1.165, 1.54) is 11.8 Å². The molecule has 1 aromatic heterocycles. The molecule has 2 aromatic rings. The topological polar surface area (TPSA) is 78.0 Å². The second kappa shape index (κ2) is 6.34. The van der Waals surface area contributed by atoms with E-state index in [0.717, 1.165) is 29.2 Å². The molecule has 0 aliphatic rings. The fraction of sp³-hybridized carbons (Fsp3) is 0.417. The molecule has 1 heterocycles. The Balaban J connectivity index is 2.29. The van der Waals surface area contributed by atoms with Gasteiger partial charge in [0, 0.05) is 17.3 Å². The molecule has 0 radical (unpaired) electrons. The number of nitrogens with two attached hydrogens (primary N) is 1. The first kappa shape index (κ1) is 15.6. The zero-order valence-corrected chi connectivity index (χ0v) is 13.4. The largest absolute Gasteiger partial charge is 0.319 e. The van der Waals surface area contributed by atoms with Gasteiger partial charge < -0.3 is 4.57 Å². The smallest absolute Gasteiger partial charge is 0.209 e. The summed E-state index contributed by atoms with van der Waals surface area (Å²) in [6.45, 7) is 2.91. The minimum atomic E-state index is -3.44. The van der Waals surface area contributed by atoms with Crippen LogP contribution in [0.5, 0.6) is 0 Å². The average molecular weight is 334 g/mol. The SMILES string of the molecule is CCCn1c(SCCS(N)(=O)=O)nc2cc(Cl)ccc21. The fourth-order valence-electron chi connectivity index (χ4n) is 1.88. The number of benzene rings is 1. The second-order valence-corrected chi connectivity index (χ2v) is 7.63. The van der Waals surface area contributed by atoms with E-state index >= 15 is 0 Å². The fourth-order valence-corrected chi connectivity index (χ4v) is 4.00. The highest BCUT2D eigenvalue weighted by Gasteiger charge is 2.12. The molecule has 20 heavy (non-hydrogen) atoms. The van der Waals surface area contributed by atoms with E-state index in [0.29, 0.717) is 10.8 Å². The molecule has 0 aliphatic carbocycles. The maximum absolute atomic E-state index is 11.0. The van der Waals surface area contributed by atoms with Crippen molar-refractivity contribution in [2.75, 3.05) is 11.5 Å². The Morgan fingerprint density at radius 2 is 2.20 bits per heavy atom.